The molecule has 0 saturated heterocycles. The van der Waals surface area contributed by atoms with Crippen LogP contribution in [0.4, 0.5) is 4.39 Å². The van der Waals surface area contributed by atoms with Crippen molar-refractivity contribution in [2.75, 3.05) is 13.7 Å². The highest BCUT2D eigenvalue weighted by Crippen LogP contribution is 2.20. The van der Waals surface area contributed by atoms with E-state index >= 15 is 0 Å². The van der Waals surface area contributed by atoms with Crippen LogP contribution in [0.3, 0.4) is 0 Å². The number of aryl methyl sites for hydroxylation is 1. The summed E-state index contributed by atoms with van der Waals surface area (Å²) in [6, 6.07) is 5.41. The van der Waals surface area contributed by atoms with Crippen LogP contribution in [0.15, 0.2) is 23.6 Å². The van der Waals surface area contributed by atoms with E-state index in [0.29, 0.717) is 0 Å². The standard InChI is InChI=1S/C16H21FN2OS/c1-4-18-13(9-16-19-11(2)10-21-16)7-12-5-6-15(20-3)14(17)8-12/h5-6,8,10,13,18H,4,7,9H2,1-3H3. The number of likely N-dealkylation sites (N-methyl/N-ethyl adjacent to an activating group) is 1. The molecule has 0 bridgehead atoms. The fraction of sp³-hybridized carbons (Fsp3) is 0.438. The highest BCUT2D eigenvalue weighted by atomic mass is 32.1. The monoisotopic (exact) mass is 308 g/mol. The third-order valence-corrected chi connectivity index (χ3v) is 4.27. The molecule has 21 heavy (non-hydrogen) atoms. The van der Waals surface area contributed by atoms with Gasteiger partial charge in [-0.15, -0.1) is 11.3 Å². The van der Waals surface area contributed by atoms with E-state index in [9.17, 15) is 4.39 Å². The van der Waals surface area contributed by atoms with Gasteiger partial charge in [-0.3, -0.25) is 0 Å². The first-order valence-corrected chi connectivity index (χ1v) is 7.97. The summed E-state index contributed by atoms with van der Waals surface area (Å²) in [6.45, 7) is 4.96. The highest BCUT2D eigenvalue weighted by Gasteiger charge is 2.13. The van der Waals surface area contributed by atoms with Gasteiger partial charge in [0, 0.05) is 23.5 Å². The maximum atomic E-state index is 13.8. The van der Waals surface area contributed by atoms with Crippen molar-refractivity contribution in [1.29, 1.82) is 0 Å². The van der Waals surface area contributed by atoms with Gasteiger partial charge in [0.2, 0.25) is 0 Å². The zero-order valence-corrected chi connectivity index (χ0v) is 13.5. The molecular weight excluding hydrogens is 287 g/mol. The van der Waals surface area contributed by atoms with Crippen LogP contribution in [-0.2, 0) is 12.8 Å². The van der Waals surface area contributed by atoms with Crippen LogP contribution in [0, 0.1) is 12.7 Å². The zero-order valence-electron chi connectivity index (χ0n) is 12.6. The number of rotatable bonds is 7. The van der Waals surface area contributed by atoms with E-state index in [1.165, 1.54) is 7.11 Å². The van der Waals surface area contributed by atoms with Crippen LogP contribution in [0.25, 0.3) is 0 Å². The lowest BCUT2D eigenvalue weighted by Gasteiger charge is -2.17. The van der Waals surface area contributed by atoms with Gasteiger partial charge in [0.05, 0.1) is 12.1 Å². The first-order chi connectivity index (χ1) is 10.1. The maximum Gasteiger partial charge on any atom is 0.165 e. The summed E-state index contributed by atoms with van der Waals surface area (Å²) in [5.41, 5.74) is 2.02. The minimum Gasteiger partial charge on any atom is -0.494 e. The molecule has 114 valence electrons. The van der Waals surface area contributed by atoms with Crippen molar-refractivity contribution in [3.8, 4) is 5.75 Å². The summed E-state index contributed by atoms with van der Waals surface area (Å²) in [5.74, 6) is -0.0235. The number of hydrogen-bond acceptors (Lipinski definition) is 4. The summed E-state index contributed by atoms with van der Waals surface area (Å²) in [4.78, 5) is 4.50. The minimum absolute atomic E-state index is 0.258. The van der Waals surface area contributed by atoms with E-state index in [0.717, 1.165) is 35.7 Å². The Hall–Kier alpha value is -1.46. The molecule has 0 fully saturated rings. The largest absolute Gasteiger partial charge is 0.494 e. The lowest BCUT2D eigenvalue weighted by atomic mass is 10.0. The quantitative estimate of drug-likeness (QED) is 0.851. The Labute approximate surface area is 129 Å². The molecule has 1 unspecified atom stereocenters. The van der Waals surface area contributed by atoms with E-state index in [-0.39, 0.29) is 17.6 Å². The Balaban J connectivity index is 2.06. The molecule has 0 radical (unpaired) electrons. The molecular formula is C16H21FN2OS. The van der Waals surface area contributed by atoms with Gasteiger partial charge in [0.15, 0.2) is 11.6 Å². The first-order valence-electron chi connectivity index (χ1n) is 7.09. The molecule has 1 atom stereocenters. The number of nitrogens with one attached hydrogen (secondary N) is 1. The van der Waals surface area contributed by atoms with Crippen molar-refractivity contribution in [3.63, 3.8) is 0 Å². The summed E-state index contributed by atoms with van der Waals surface area (Å²) in [7, 11) is 1.48. The third-order valence-electron chi connectivity index (χ3n) is 3.28. The fourth-order valence-electron chi connectivity index (χ4n) is 2.33. The van der Waals surface area contributed by atoms with Crippen LogP contribution < -0.4 is 10.1 Å². The Morgan fingerprint density at radius 2 is 2.19 bits per heavy atom. The van der Waals surface area contributed by atoms with E-state index in [1.807, 2.05) is 13.0 Å². The van der Waals surface area contributed by atoms with Crippen LogP contribution in [0.1, 0.15) is 23.2 Å². The zero-order chi connectivity index (χ0) is 15.2. The Bertz CT molecular complexity index is 585. The molecule has 1 heterocycles. The Kier molecular flexibility index (Phi) is 5.70. The summed E-state index contributed by atoms with van der Waals surface area (Å²) >= 11 is 1.68. The normalized spacial score (nSPS) is 12.4. The van der Waals surface area contributed by atoms with Crippen LogP contribution in [0.5, 0.6) is 5.75 Å². The number of thiazole rings is 1. The number of methoxy groups -OCH3 is 1. The second-order valence-electron chi connectivity index (χ2n) is 5.01. The van der Waals surface area contributed by atoms with Gasteiger partial charge >= 0.3 is 0 Å². The molecule has 2 rings (SSSR count). The van der Waals surface area contributed by atoms with Gasteiger partial charge in [0.25, 0.3) is 0 Å². The van der Waals surface area contributed by atoms with Crippen LogP contribution >= 0.6 is 11.3 Å². The summed E-state index contributed by atoms with van der Waals surface area (Å²) in [5, 5.41) is 6.63. The number of nitrogens with zero attached hydrogens (tertiary/aromatic N) is 1. The first kappa shape index (κ1) is 15.9. The Morgan fingerprint density at radius 3 is 2.76 bits per heavy atom. The number of ether oxygens (including phenoxy) is 1. The van der Waals surface area contributed by atoms with Gasteiger partial charge in [-0.2, -0.15) is 0 Å². The van der Waals surface area contributed by atoms with E-state index in [4.69, 9.17) is 4.74 Å². The summed E-state index contributed by atoms with van der Waals surface area (Å²) < 4.78 is 18.7. The van der Waals surface area contributed by atoms with Gasteiger partial charge < -0.3 is 10.1 Å². The predicted molar refractivity (Wildman–Crippen MR) is 84.7 cm³/mol. The van der Waals surface area contributed by atoms with Gasteiger partial charge in [0.1, 0.15) is 0 Å². The van der Waals surface area contributed by atoms with Crippen molar-refractivity contribution in [2.45, 2.75) is 32.7 Å². The van der Waals surface area contributed by atoms with Crippen molar-refractivity contribution in [3.05, 3.63) is 45.7 Å². The number of hydrogen-bond donors (Lipinski definition) is 1. The molecule has 0 aliphatic rings. The fourth-order valence-corrected chi connectivity index (χ4v) is 3.19. The van der Waals surface area contributed by atoms with E-state index < -0.39 is 0 Å². The van der Waals surface area contributed by atoms with Crippen LogP contribution in [0.2, 0.25) is 0 Å². The Morgan fingerprint density at radius 1 is 1.38 bits per heavy atom. The molecule has 0 saturated carbocycles. The molecule has 1 aromatic heterocycles. The smallest absolute Gasteiger partial charge is 0.165 e. The van der Waals surface area contributed by atoms with Gasteiger partial charge in [-0.1, -0.05) is 13.0 Å². The topological polar surface area (TPSA) is 34.1 Å². The molecule has 0 amide bonds. The predicted octanol–water partition coefficient (Wildman–Crippen LogP) is 3.36. The van der Waals surface area contributed by atoms with Crippen molar-refractivity contribution in [2.24, 2.45) is 0 Å². The number of aromatic nitrogens is 1. The highest BCUT2D eigenvalue weighted by molar-refractivity contribution is 7.09. The van der Waals surface area contributed by atoms with Gasteiger partial charge in [-0.05, 0) is 37.6 Å². The maximum absolute atomic E-state index is 13.8. The lowest BCUT2D eigenvalue weighted by Crippen LogP contribution is -2.33. The average molecular weight is 308 g/mol. The molecule has 2 aromatic rings. The molecule has 1 N–H and O–H groups in total. The molecule has 1 aromatic carbocycles. The average Bonchev–Trinajstić information content (AvgIpc) is 2.84. The SMILES string of the molecule is CCNC(Cc1ccc(OC)c(F)c1)Cc1nc(C)cs1. The number of benzene rings is 1. The molecule has 3 nitrogen and oxygen atoms in total. The lowest BCUT2D eigenvalue weighted by molar-refractivity contribution is 0.386. The third kappa shape index (κ3) is 4.51. The van der Waals surface area contributed by atoms with Crippen molar-refractivity contribution >= 4 is 11.3 Å². The van der Waals surface area contributed by atoms with Crippen molar-refractivity contribution < 1.29 is 9.13 Å². The second kappa shape index (κ2) is 7.52. The molecule has 0 spiro atoms. The molecule has 0 aliphatic heterocycles. The van der Waals surface area contributed by atoms with E-state index in [1.54, 1.807) is 23.5 Å². The minimum atomic E-state index is -0.310. The second-order valence-corrected chi connectivity index (χ2v) is 5.96. The summed E-state index contributed by atoms with van der Waals surface area (Å²) in [6.07, 6.45) is 1.63. The molecule has 5 heteroatoms. The van der Waals surface area contributed by atoms with Crippen molar-refractivity contribution in [1.82, 2.24) is 10.3 Å². The number of halogens is 1. The van der Waals surface area contributed by atoms with Crippen LogP contribution in [-0.4, -0.2) is 24.7 Å². The van der Waals surface area contributed by atoms with E-state index in [2.05, 4.69) is 22.6 Å². The van der Waals surface area contributed by atoms with Gasteiger partial charge in [-0.25, -0.2) is 9.37 Å². The molecule has 0 aliphatic carbocycles.